The number of anilines is 1. The molecule has 3 rings (SSSR count). The van der Waals surface area contributed by atoms with Crippen molar-refractivity contribution in [2.75, 3.05) is 17.8 Å². The highest BCUT2D eigenvalue weighted by Crippen LogP contribution is 2.26. The molecule has 1 heterocycles. The molecule has 5 nitrogen and oxygen atoms in total. The minimum absolute atomic E-state index is 0. The van der Waals surface area contributed by atoms with E-state index in [4.69, 9.17) is 4.74 Å². The molecule has 0 saturated heterocycles. The fourth-order valence-electron chi connectivity index (χ4n) is 4.96. The summed E-state index contributed by atoms with van der Waals surface area (Å²) in [7, 11) is 0. The molecule has 0 atom stereocenters. The van der Waals surface area contributed by atoms with Crippen LogP contribution in [0.1, 0.15) is 124 Å². The van der Waals surface area contributed by atoms with Gasteiger partial charge in [0.15, 0.2) is 5.78 Å². The molecular formula is C34H49BrN2O3S. The number of amides is 1. The number of nitrogens with zero attached hydrogens (tertiary/aromatic N) is 1. The number of hydrogen-bond donors (Lipinski definition) is 1. The van der Waals surface area contributed by atoms with Gasteiger partial charge in [-0.25, -0.2) is 0 Å². The zero-order chi connectivity index (χ0) is 28.6. The van der Waals surface area contributed by atoms with Gasteiger partial charge >= 0.3 is 0 Å². The second kappa shape index (κ2) is 19.8. The number of Topliss-reactive ketones (excluding diaryl/α,β-unsaturated/α-hetero) is 1. The van der Waals surface area contributed by atoms with Crippen LogP contribution in [0.15, 0.2) is 53.6 Å². The van der Waals surface area contributed by atoms with Gasteiger partial charge in [0.1, 0.15) is 5.75 Å². The van der Waals surface area contributed by atoms with Gasteiger partial charge in [-0.2, -0.15) is 0 Å². The standard InChI is InChI=1S/C34H48N2O3S.BrH/c1-4-5-6-7-8-9-10-11-12-13-14-15-21-39-33-20-19-31(23-32(33)28(3)37)35-34(38)30-18-16-17-29(22-30)24-36-26-40-25-27(36)2;/h16-20,22-23,25H,4-15,21,24,26H2,1-3H3,(H,35,38);1H. The van der Waals surface area contributed by atoms with Crippen molar-refractivity contribution in [2.45, 2.75) is 104 Å². The molecule has 1 N–H and O–H groups in total. The third-order valence-corrected chi connectivity index (χ3v) is 8.39. The SMILES string of the molecule is Br.CCCCCCCCCCCCCCOc1ccc(NC(=O)c2cccc(CN3CSC=C3C)c2)cc1C(C)=O. The number of nitrogens with one attached hydrogen (secondary N) is 1. The molecule has 0 radical (unpaired) electrons. The quantitative estimate of drug-likeness (QED) is 0.122. The van der Waals surface area contributed by atoms with Crippen molar-refractivity contribution in [2.24, 2.45) is 0 Å². The Kier molecular flexibility index (Phi) is 16.9. The monoisotopic (exact) mass is 644 g/mol. The topological polar surface area (TPSA) is 58.6 Å². The van der Waals surface area contributed by atoms with Gasteiger partial charge in [0.05, 0.1) is 18.0 Å². The number of halogens is 1. The summed E-state index contributed by atoms with van der Waals surface area (Å²) in [5.41, 5.74) is 4.03. The molecule has 0 unspecified atom stereocenters. The van der Waals surface area contributed by atoms with Crippen LogP contribution in [0.25, 0.3) is 0 Å². The number of ether oxygens (including phenoxy) is 1. The summed E-state index contributed by atoms with van der Waals surface area (Å²) < 4.78 is 5.98. The fraction of sp³-hybridized carbons (Fsp3) is 0.529. The van der Waals surface area contributed by atoms with Crippen LogP contribution >= 0.6 is 28.7 Å². The van der Waals surface area contributed by atoms with Crippen LogP contribution in [-0.2, 0) is 6.54 Å². The molecule has 0 bridgehead atoms. The second-order valence-electron chi connectivity index (χ2n) is 10.9. The van der Waals surface area contributed by atoms with Gasteiger partial charge < -0.3 is 15.0 Å². The maximum atomic E-state index is 13.0. The number of benzene rings is 2. The van der Waals surface area contributed by atoms with E-state index in [9.17, 15) is 9.59 Å². The lowest BCUT2D eigenvalue weighted by Crippen LogP contribution is -2.18. The molecule has 0 aromatic heterocycles. The summed E-state index contributed by atoms with van der Waals surface area (Å²) in [6.45, 7) is 7.28. The van der Waals surface area contributed by atoms with E-state index in [2.05, 4.69) is 29.5 Å². The lowest BCUT2D eigenvalue weighted by atomic mass is 10.1. The summed E-state index contributed by atoms with van der Waals surface area (Å²) in [6.07, 6.45) is 15.6. The van der Waals surface area contributed by atoms with Gasteiger partial charge in [-0.1, -0.05) is 89.7 Å². The number of carbonyl (C=O) groups is 2. The number of thioether (sulfide) groups is 1. The van der Waals surface area contributed by atoms with Crippen molar-refractivity contribution in [3.05, 3.63) is 70.3 Å². The Labute approximate surface area is 262 Å². The van der Waals surface area contributed by atoms with Gasteiger partial charge in [0, 0.05) is 23.5 Å². The largest absolute Gasteiger partial charge is 0.493 e. The predicted molar refractivity (Wildman–Crippen MR) is 179 cm³/mol. The molecule has 7 heteroatoms. The summed E-state index contributed by atoms with van der Waals surface area (Å²) >= 11 is 1.79. The molecular weight excluding hydrogens is 596 g/mol. The minimum atomic E-state index is -0.190. The molecule has 1 aliphatic heterocycles. The van der Waals surface area contributed by atoms with E-state index in [1.54, 1.807) is 30.0 Å². The fourth-order valence-corrected chi connectivity index (χ4v) is 5.90. The van der Waals surface area contributed by atoms with Gasteiger partial charge in [-0.3, -0.25) is 9.59 Å². The van der Waals surface area contributed by atoms with E-state index in [0.29, 0.717) is 29.2 Å². The number of ketones is 1. The maximum absolute atomic E-state index is 13.0. The molecule has 0 saturated carbocycles. The van der Waals surface area contributed by atoms with E-state index >= 15 is 0 Å². The molecule has 41 heavy (non-hydrogen) atoms. The smallest absolute Gasteiger partial charge is 0.255 e. The highest BCUT2D eigenvalue weighted by molar-refractivity contribution is 8.93. The first-order valence-corrected chi connectivity index (χ1v) is 16.2. The van der Waals surface area contributed by atoms with Crippen LogP contribution in [0, 0.1) is 0 Å². The Hall–Kier alpha value is -2.25. The first kappa shape index (κ1) is 34.9. The highest BCUT2D eigenvalue weighted by atomic mass is 79.9. The maximum Gasteiger partial charge on any atom is 0.255 e. The van der Waals surface area contributed by atoms with Gasteiger partial charge in [0.25, 0.3) is 5.91 Å². The highest BCUT2D eigenvalue weighted by Gasteiger charge is 2.15. The molecule has 1 aliphatic rings. The third kappa shape index (κ3) is 12.7. The van der Waals surface area contributed by atoms with Crippen molar-refractivity contribution in [3.63, 3.8) is 0 Å². The number of rotatable bonds is 19. The first-order chi connectivity index (χ1) is 19.5. The predicted octanol–water partition coefficient (Wildman–Crippen LogP) is 10.2. The third-order valence-electron chi connectivity index (χ3n) is 7.42. The average Bonchev–Trinajstić information content (AvgIpc) is 3.35. The molecule has 0 aliphatic carbocycles. The van der Waals surface area contributed by atoms with Crippen molar-refractivity contribution in [1.29, 1.82) is 0 Å². The van der Waals surface area contributed by atoms with Crippen molar-refractivity contribution < 1.29 is 14.3 Å². The van der Waals surface area contributed by atoms with Crippen molar-refractivity contribution >= 4 is 46.1 Å². The number of unbranched alkanes of at least 4 members (excludes halogenated alkanes) is 11. The lowest BCUT2D eigenvalue weighted by molar-refractivity contribution is 0.100. The van der Waals surface area contributed by atoms with Gasteiger partial charge in [0.2, 0.25) is 0 Å². The van der Waals surface area contributed by atoms with Crippen LogP contribution in [0.4, 0.5) is 5.69 Å². The molecule has 0 spiro atoms. The summed E-state index contributed by atoms with van der Waals surface area (Å²) in [5, 5.41) is 5.11. The zero-order valence-corrected chi connectivity index (χ0v) is 27.7. The zero-order valence-electron chi connectivity index (χ0n) is 25.2. The Balaban J connectivity index is 0.00000588. The van der Waals surface area contributed by atoms with E-state index < -0.39 is 0 Å². The molecule has 2 aromatic carbocycles. The van der Waals surface area contributed by atoms with E-state index in [1.807, 2.05) is 24.3 Å². The second-order valence-corrected chi connectivity index (χ2v) is 11.7. The molecule has 0 fully saturated rings. The van der Waals surface area contributed by atoms with Crippen molar-refractivity contribution in [1.82, 2.24) is 4.90 Å². The van der Waals surface area contributed by atoms with Crippen molar-refractivity contribution in [3.8, 4) is 5.75 Å². The number of allylic oxidation sites excluding steroid dienone is 1. The Morgan fingerprint density at radius 1 is 0.902 bits per heavy atom. The Bertz CT molecular complexity index is 1120. The van der Waals surface area contributed by atoms with E-state index in [-0.39, 0.29) is 28.7 Å². The first-order valence-electron chi connectivity index (χ1n) is 15.2. The molecule has 1 amide bonds. The van der Waals surface area contributed by atoms with Crippen LogP contribution < -0.4 is 10.1 Å². The number of carbonyl (C=O) groups excluding carboxylic acids is 2. The molecule has 2 aromatic rings. The summed E-state index contributed by atoms with van der Waals surface area (Å²) in [5.74, 6) is 1.26. The van der Waals surface area contributed by atoms with Crippen LogP contribution in [0.5, 0.6) is 5.75 Å². The normalized spacial score (nSPS) is 12.6. The Morgan fingerprint density at radius 2 is 1.56 bits per heavy atom. The van der Waals surface area contributed by atoms with Crippen LogP contribution in [-0.4, -0.2) is 29.1 Å². The number of hydrogen-bond acceptors (Lipinski definition) is 5. The summed E-state index contributed by atoms with van der Waals surface area (Å²) in [6, 6.07) is 13.0. The van der Waals surface area contributed by atoms with E-state index in [0.717, 1.165) is 30.8 Å². The van der Waals surface area contributed by atoms with Crippen LogP contribution in [0.2, 0.25) is 0 Å². The Morgan fingerprint density at radius 3 is 2.17 bits per heavy atom. The molecule has 226 valence electrons. The van der Waals surface area contributed by atoms with Crippen LogP contribution in [0.3, 0.4) is 0 Å². The summed E-state index contributed by atoms with van der Waals surface area (Å²) in [4.78, 5) is 27.6. The van der Waals surface area contributed by atoms with Gasteiger partial charge in [-0.15, -0.1) is 28.7 Å². The lowest BCUT2D eigenvalue weighted by Gasteiger charge is -2.19. The average molecular weight is 646 g/mol. The van der Waals surface area contributed by atoms with E-state index in [1.165, 1.54) is 76.8 Å². The minimum Gasteiger partial charge on any atom is -0.493 e. The van der Waals surface area contributed by atoms with Gasteiger partial charge in [-0.05, 0) is 61.6 Å².